The van der Waals surface area contributed by atoms with E-state index in [1.807, 2.05) is 24.9 Å². The normalized spacial score (nSPS) is 17.6. The van der Waals surface area contributed by atoms with Crippen LogP contribution in [0.4, 0.5) is 0 Å². The molecule has 4 rings (SSSR count). The number of carbonyl (C=O) groups excluding carboxylic acids is 1. The first-order chi connectivity index (χ1) is 11.9. The zero-order chi connectivity index (χ0) is 17.7. The molecule has 1 atom stereocenters. The predicted octanol–water partition coefficient (Wildman–Crippen LogP) is 1.35. The molecule has 0 aliphatic carbocycles. The monoisotopic (exact) mass is 340 g/mol. The van der Waals surface area contributed by atoms with Crippen LogP contribution < -0.4 is 5.56 Å². The van der Waals surface area contributed by atoms with Crippen molar-refractivity contribution in [1.29, 1.82) is 0 Å². The lowest BCUT2D eigenvalue weighted by atomic mass is 10.1. The summed E-state index contributed by atoms with van der Waals surface area (Å²) in [6.07, 6.45) is 3.53. The van der Waals surface area contributed by atoms with Crippen molar-refractivity contribution in [2.75, 3.05) is 6.54 Å². The average molecular weight is 340 g/mol. The van der Waals surface area contributed by atoms with Gasteiger partial charge in [-0.1, -0.05) is 0 Å². The highest BCUT2D eigenvalue weighted by atomic mass is 16.2. The molecular formula is C17H20N6O2. The smallest absolute Gasteiger partial charge is 0.272 e. The van der Waals surface area contributed by atoms with Gasteiger partial charge < -0.3 is 4.90 Å². The van der Waals surface area contributed by atoms with E-state index in [0.29, 0.717) is 23.4 Å². The third kappa shape index (κ3) is 2.54. The number of rotatable bonds is 2. The standard InChI is InChI=1S/C17H20N6O2/c1-10-7-16(24)23-15(18-10)8-13(20-23)14-5-4-6-22(14)17(25)12-9-21(3)19-11(12)2/h7-9,14,20H,4-6H2,1-3H3. The summed E-state index contributed by atoms with van der Waals surface area (Å²) in [5.74, 6) is -0.0248. The number of nitrogens with one attached hydrogen (secondary N) is 1. The van der Waals surface area contributed by atoms with Gasteiger partial charge in [-0.3, -0.25) is 19.4 Å². The van der Waals surface area contributed by atoms with E-state index in [-0.39, 0.29) is 17.5 Å². The van der Waals surface area contributed by atoms with E-state index >= 15 is 0 Å². The van der Waals surface area contributed by atoms with Gasteiger partial charge in [0.1, 0.15) is 0 Å². The molecular weight excluding hydrogens is 320 g/mol. The first-order valence-electron chi connectivity index (χ1n) is 8.34. The lowest BCUT2D eigenvalue weighted by Crippen LogP contribution is -2.31. The summed E-state index contributed by atoms with van der Waals surface area (Å²) in [4.78, 5) is 31.3. The van der Waals surface area contributed by atoms with Crippen molar-refractivity contribution in [3.63, 3.8) is 0 Å². The van der Waals surface area contributed by atoms with Gasteiger partial charge in [0.2, 0.25) is 0 Å². The van der Waals surface area contributed by atoms with E-state index in [4.69, 9.17) is 0 Å². The van der Waals surface area contributed by atoms with Crippen molar-refractivity contribution < 1.29 is 4.79 Å². The third-order valence-electron chi connectivity index (χ3n) is 4.71. The van der Waals surface area contributed by atoms with Gasteiger partial charge in [0, 0.05) is 37.6 Å². The van der Waals surface area contributed by atoms with Crippen LogP contribution in [0.25, 0.3) is 5.65 Å². The van der Waals surface area contributed by atoms with Crippen LogP contribution in [0.3, 0.4) is 0 Å². The largest absolute Gasteiger partial charge is 0.330 e. The first-order valence-corrected chi connectivity index (χ1v) is 8.34. The number of carbonyl (C=O) groups is 1. The van der Waals surface area contributed by atoms with Crippen LogP contribution in [0.2, 0.25) is 0 Å². The second-order valence-electron chi connectivity index (χ2n) is 6.60. The summed E-state index contributed by atoms with van der Waals surface area (Å²) in [7, 11) is 1.81. The van der Waals surface area contributed by atoms with Gasteiger partial charge in [0.15, 0.2) is 5.65 Å². The Morgan fingerprint density at radius 2 is 2.12 bits per heavy atom. The number of aryl methyl sites for hydroxylation is 3. The number of nitrogens with zero attached hydrogens (tertiary/aromatic N) is 5. The summed E-state index contributed by atoms with van der Waals surface area (Å²) in [6, 6.07) is 3.26. The van der Waals surface area contributed by atoms with Crippen LogP contribution in [-0.2, 0) is 7.05 Å². The Bertz CT molecular complexity index is 1030. The van der Waals surface area contributed by atoms with E-state index in [0.717, 1.165) is 24.2 Å². The zero-order valence-electron chi connectivity index (χ0n) is 14.5. The molecule has 130 valence electrons. The Kier molecular flexibility index (Phi) is 3.48. The van der Waals surface area contributed by atoms with Crippen LogP contribution in [-0.4, -0.2) is 41.7 Å². The summed E-state index contributed by atoms with van der Waals surface area (Å²) in [5.41, 5.74) is 3.30. The lowest BCUT2D eigenvalue weighted by molar-refractivity contribution is 0.0732. The van der Waals surface area contributed by atoms with Gasteiger partial charge in [-0.2, -0.15) is 5.10 Å². The topological polar surface area (TPSA) is 88.3 Å². The molecule has 0 aromatic carbocycles. The average Bonchev–Trinajstić information content (AvgIpc) is 3.23. The molecule has 1 aliphatic rings. The fourth-order valence-corrected chi connectivity index (χ4v) is 3.60. The summed E-state index contributed by atoms with van der Waals surface area (Å²) >= 11 is 0. The molecule has 1 unspecified atom stereocenters. The zero-order valence-corrected chi connectivity index (χ0v) is 14.5. The number of aromatic amines is 1. The maximum Gasteiger partial charge on any atom is 0.272 e. The van der Waals surface area contributed by atoms with Gasteiger partial charge >= 0.3 is 0 Å². The van der Waals surface area contributed by atoms with Crippen molar-refractivity contribution in [3.05, 3.63) is 51.3 Å². The molecule has 1 saturated heterocycles. The van der Waals surface area contributed by atoms with Gasteiger partial charge in [-0.05, 0) is 26.7 Å². The van der Waals surface area contributed by atoms with Crippen molar-refractivity contribution >= 4 is 11.6 Å². The summed E-state index contributed by atoms with van der Waals surface area (Å²) in [6.45, 7) is 4.33. The van der Waals surface area contributed by atoms with Gasteiger partial charge in [0.25, 0.3) is 11.5 Å². The Morgan fingerprint density at radius 1 is 1.32 bits per heavy atom. The minimum atomic E-state index is -0.146. The number of hydrogen-bond acceptors (Lipinski definition) is 4. The number of H-pyrrole nitrogens is 1. The van der Waals surface area contributed by atoms with Crippen LogP contribution >= 0.6 is 0 Å². The molecule has 8 nitrogen and oxygen atoms in total. The van der Waals surface area contributed by atoms with Crippen molar-refractivity contribution in [2.24, 2.45) is 7.05 Å². The number of hydrogen-bond donors (Lipinski definition) is 1. The predicted molar refractivity (Wildman–Crippen MR) is 91.5 cm³/mol. The fraction of sp³-hybridized carbons (Fsp3) is 0.412. The maximum atomic E-state index is 13.0. The minimum Gasteiger partial charge on any atom is -0.330 e. The van der Waals surface area contributed by atoms with Gasteiger partial charge in [-0.25, -0.2) is 9.50 Å². The first kappa shape index (κ1) is 15.6. The number of fused-ring (bicyclic) bond motifs is 1. The Hall–Kier alpha value is -2.90. The molecule has 1 fully saturated rings. The van der Waals surface area contributed by atoms with Crippen molar-refractivity contribution in [2.45, 2.75) is 32.7 Å². The van der Waals surface area contributed by atoms with Crippen LogP contribution in [0.1, 0.15) is 46.3 Å². The second-order valence-corrected chi connectivity index (χ2v) is 6.60. The highest BCUT2D eigenvalue weighted by Gasteiger charge is 2.33. The molecule has 3 aromatic heterocycles. The summed E-state index contributed by atoms with van der Waals surface area (Å²) < 4.78 is 3.08. The number of likely N-dealkylation sites (tertiary alicyclic amines) is 1. The molecule has 8 heteroatoms. The molecule has 0 spiro atoms. The molecule has 0 bridgehead atoms. The van der Waals surface area contributed by atoms with E-state index in [9.17, 15) is 9.59 Å². The van der Waals surface area contributed by atoms with Gasteiger partial charge in [-0.15, -0.1) is 0 Å². The van der Waals surface area contributed by atoms with Crippen molar-refractivity contribution in [3.8, 4) is 0 Å². The molecule has 1 N–H and O–H groups in total. The minimum absolute atomic E-state index is 0.0248. The molecule has 3 aromatic rings. The Morgan fingerprint density at radius 3 is 2.84 bits per heavy atom. The van der Waals surface area contributed by atoms with E-state index < -0.39 is 0 Å². The molecule has 4 heterocycles. The van der Waals surface area contributed by atoms with E-state index in [1.54, 1.807) is 17.8 Å². The fourth-order valence-electron chi connectivity index (χ4n) is 3.60. The van der Waals surface area contributed by atoms with Crippen LogP contribution in [0, 0.1) is 13.8 Å². The lowest BCUT2D eigenvalue weighted by Gasteiger charge is -2.23. The molecule has 0 radical (unpaired) electrons. The van der Waals surface area contributed by atoms with Crippen LogP contribution in [0.15, 0.2) is 23.1 Å². The third-order valence-corrected chi connectivity index (χ3v) is 4.71. The summed E-state index contributed by atoms with van der Waals surface area (Å²) in [5, 5.41) is 7.38. The quantitative estimate of drug-likeness (QED) is 0.763. The molecule has 1 aliphatic heterocycles. The highest BCUT2D eigenvalue weighted by Crippen LogP contribution is 2.32. The molecule has 0 saturated carbocycles. The number of amides is 1. The van der Waals surface area contributed by atoms with E-state index in [2.05, 4.69) is 15.2 Å². The van der Waals surface area contributed by atoms with Crippen molar-refractivity contribution in [1.82, 2.24) is 29.3 Å². The van der Waals surface area contributed by atoms with Crippen LogP contribution in [0.5, 0.6) is 0 Å². The van der Waals surface area contributed by atoms with E-state index in [1.165, 1.54) is 10.6 Å². The van der Waals surface area contributed by atoms with Gasteiger partial charge in [0.05, 0.1) is 23.0 Å². The number of aromatic nitrogens is 5. The maximum absolute atomic E-state index is 13.0. The Labute approximate surface area is 144 Å². The second kappa shape index (κ2) is 5.58. The molecule has 1 amide bonds. The highest BCUT2D eigenvalue weighted by molar-refractivity contribution is 5.95. The SMILES string of the molecule is Cc1cc(=O)n2[nH]c(C3CCCN3C(=O)c3cn(C)nc3C)cc2n1. The molecule has 25 heavy (non-hydrogen) atoms. The Balaban J connectivity index is 1.72.